The maximum absolute atomic E-state index is 14.3. The Balaban J connectivity index is 1.83. The van der Waals surface area contributed by atoms with Crippen molar-refractivity contribution < 1.29 is 23.1 Å². The van der Waals surface area contributed by atoms with Crippen molar-refractivity contribution in [3.63, 3.8) is 0 Å². The summed E-state index contributed by atoms with van der Waals surface area (Å²) in [6, 6.07) is 13.8. The molecule has 0 spiro atoms. The number of furan rings is 1. The van der Waals surface area contributed by atoms with Crippen LogP contribution in [0.15, 0.2) is 74.7 Å². The first-order valence-electron chi connectivity index (χ1n) is 8.57. The Morgan fingerprint density at radius 2 is 2.03 bits per heavy atom. The molecule has 2 aromatic heterocycles. The van der Waals surface area contributed by atoms with Crippen LogP contribution in [0, 0.1) is 5.82 Å². The molecule has 2 N–H and O–H groups in total. The van der Waals surface area contributed by atoms with E-state index in [1.165, 1.54) is 36.6 Å². The molecule has 0 aliphatic carbocycles. The molecule has 0 aliphatic heterocycles. The van der Waals surface area contributed by atoms with Gasteiger partial charge in [-0.3, -0.25) is 4.79 Å². The van der Waals surface area contributed by atoms with E-state index in [2.05, 4.69) is 10.3 Å². The quantitative estimate of drug-likeness (QED) is 0.509. The third-order valence-corrected chi connectivity index (χ3v) is 4.43. The molecule has 0 radical (unpaired) electrons. The minimum Gasteiger partial charge on any atom is -0.508 e. The second kappa shape index (κ2) is 7.81. The number of carbonyl (C=O) groups excluding carboxylic acids is 1. The number of benzene rings is 2. The Morgan fingerprint density at radius 3 is 2.83 bits per heavy atom. The lowest BCUT2D eigenvalue weighted by Gasteiger charge is -2.07. The summed E-state index contributed by atoms with van der Waals surface area (Å²) in [6.07, 6.45) is 1.50. The number of nitrogens with zero attached hydrogens (tertiary/aromatic N) is 1. The number of amides is 1. The van der Waals surface area contributed by atoms with E-state index < -0.39 is 11.7 Å². The van der Waals surface area contributed by atoms with Gasteiger partial charge in [-0.25, -0.2) is 9.38 Å². The molecule has 4 aromatic rings. The van der Waals surface area contributed by atoms with Gasteiger partial charge in [-0.15, -0.1) is 0 Å². The SMILES string of the molecule is O=C(NCc1ccco1)c1cc2ccc(O)cc2oc1=Nc1cccc(Cl)c1F. The van der Waals surface area contributed by atoms with E-state index in [-0.39, 0.29) is 39.7 Å². The van der Waals surface area contributed by atoms with E-state index in [1.807, 2.05) is 0 Å². The fraction of sp³-hybridized carbons (Fsp3) is 0.0476. The zero-order chi connectivity index (χ0) is 20.4. The summed E-state index contributed by atoms with van der Waals surface area (Å²) in [6.45, 7) is 0.157. The van der Waals surface area contributed by atoms with E-state index in [0.717, 1.165) is 0 Å². The number of nitrogens with one attached hydrogen (secondary N) is 1. The predicted molar refractivity (Wildman–Crippen MR) is 104 cm³/mol. The van der Waals surface area contributed by atoms with Gasteiger partial charge in [-0.2, -0.15) is 0 Å². The van der Waals surface area contributed by atoms with Crippen LogP contribution >= 0.6 is 11.6 Å². The topological polar surface area (TPSA) is 88.0 Å². The largest absolute Gasteiger partial charge is 0.508 e. The molecule has 0 atom stereocenters. The summed E-state index contributed by atoms with van der Waals surface area (Å²) in [5.74, 6) is -0.667. The molecule has 0 bridgehead atoms. The van der Waals surface area contributed by atoms with Gasteiger partial charge in [0.1, 0.15) is 28.3 Å². The van der Waals surface area contributed by atoms with Crippen LogP contribution in [0.1, 0.15) is 16.1 Å². The number of carbonyl (C=O) groups is 1. The Labute approximate surface area is 168 Å². The van der Waals surface area contributed by atoms with Crippen molar-refractivity contribution in [2.24, 2.45) is 4.99 Å². The van der Waals surface area contributed by atoms with E-state index in [4.69, 9.17) is 20.4 Å². The van der Waals surface area contributed by atoms with Gasteiger partial charge < -0.3 is 19.3 Å². The average molecular weight is 413 g/mol. The molecule has 0 aliphatic rings. The van der Waals surface area contributed by atoms with Crippen molar-refractivity contribution in [3.05, 3.63) is 88.6 Å². The van der Waals surface area contributed by atoms with Gasteiger partial charge in [0.15, 0.2) is 5.82 Å². The number of aromatic hydroxyl groups is 1. The van der Waals surface area contributed by atoms with Gasteiger partial charge in [0.05, 0.1) is 17.8 Å². The van der Waals surface area contributed by atoms with Crippen LogP contribution in [0.5, 0.6) is 5.75 Å². The Bertz CT molecular complexity index is 1270. The molecule has 1 amide bonds. The van der Waals surface area contributed by atoms with Gasteiger partial charge in [0, 0.05) is 11.5 Å². The zero-order valence-electron chi connectivity index (χ0n) is 14.9. The van der Waals surface area contributed by atoms with Crippen molar-refractivity contribution in [2.45, 2.75) is 6.54 Å². The van der Waals surface area contributed by atoms with Crippen molar-refractivity contribution in [3.8, 4) is 5.75 Å². The summed E-state index contributed by atoms with van der Waals surface area (Å²) >= 11 is 5.82. The minimum absolute atomic E-state index is 0.0174. The molecule has 6 nitrogen and oxygen atoms in total. The smallest absolute Gasteiger partial charge is 0.257 e. The first-order valence-corrected chi connectivity index (χ1v) is 8.95. The number of rotatable bonds is 4. The first-order chi connectivity index (χ1) is 14.0. The molecule has 0 unspecified atom stereocenters. The number of fused-ring (bicyclic) bond motifs is 1. The fourth-order valence-electron chi connectivity index (χ4n) is 2.72. The average Bonchev–Trinajstić information content (AvgIpc) is 3.23. The zero-order valence-corrected chi connectivity index (χ0v) is 15.6. The molecule has 0 saturated heterocycles. The summed E-state index contributed by atoms with van der Waals surface area (Å²) in [7, 11) is 0. The Hall–Kier alpha value is -3.58. The summed E-state index contributed by atoms with van der Waals surface area (Å²) < 4.78 is 25.2. The lowest BCUT2D eigenvalue weighted by molar-refractivity contribution is 0.0944. The van der Waals surface area contributed by atoms with Gasteiger partial charge in [0.2, 0.25) is 5.55 Å². The van der Waals surface area contributed by atoms with Crippen LogP contribution in [0.25, 0.3) is 11.0 Å². The maximum atomic E-state index is 14.3. The van der Waals surface area contributed by atoms with Crippen LogP contribution in [0.4, 0.5) is 10.1 Å². The highest BCUT2D eigenvalue weighted by atomic mass is 35.5. The first kappa shape index (κ1) is 18.8. The highest BCUT2D eigenvalue weighted by Crippen LogP contribution is 2.25. The molecule has 29 heavy (non-hydrogen) atoms. The van der Waals surface area contributed by atoms with E-state index in [0.29, 0.717) is 11.1 Å². The minimum atomic E-state index is -0.734. The third kappa shape index (κ3) is 4.00. The summed E-state index contributed by atoms with van der Waals surface area (Å²) in [5, 5.41) is 12.9. The van der Waals surface area contributed by atoms with Crippen molar-refractivity contribution in [1.82, 2.24) is 5.32 Å². The van der Waals surface area contributed by atoms with Gasteiger partial charge in [-0.1, -0.05) is 17.7 Å². The number of hydrogen-bond donors (Lipinski definition) is 2. The second-order valence-electron chi connectivity index (χ2n) is 6.13. The number of halogens is 2. The van der Waals surface area contributed by atoms with Crippen LogP contribution in [-0.4, -0.2) is 11.0 Å². The maximum Gasteiger partial charge on any atom is 0.257 e. The molecule has 0 fully saturated rings. The molecule has 4 rings (SSSR count). The van der Waals surface area contributed by atoms with E-state index in [9.17, 15) is 14.3 Å². The van der Waals surface area contributed by atoms with Crippen LogP contribution in [-0.2, 0) is 6.54 Å². The van der Waals surface area contributed by atoms with Crippen molar-refractivity contribution in [2.75, 3.05) is 0 Å². The number of phenolic OH excluding ortho intramolecular Hbond substituents is 1. The second-order valence-corrected chi connectivity index (χ2v) is 6.54. The molecule has 0 saturated carbocycles. The molecule has 8 heteroatoms. The van der Waals surface area contributed by atoms with Crippen LogP contribution < -0.4 is 10.9 Å². The lowest BCUT2D eigenvalue weighted by atomic mass is 10.1. The normalized spacial score (nSPS) is 11.7. The molecule has 146 valence electrons. The third-order valence-electron chi connectivity index (χ3n) is 4.14. The molecule has 2 heterocycles. The van der Waals surface area contributed by atoms with Gasteiger partial charge >= 0.3 is 0 Å². The summed E-state index contributed by atoms with van der Waals surface area (Å²) in [5.41, 5.74) is 0.171. The van der Waals surface area contributed by atoms with Crippen LogP contribution in [0.3, 0.4) is 0 Å². The number of hydrogen-bond acceptors (Lipinski definition) is 5. The number of phenols is 1. The molecular formula is C21H14ClFN2O4. The Kier molecular flexibility index (Phi) is 5.05. The van der Waals surface area contributed by atoms with Gasteiger partial charge in [0.25, 0.3) is 5.91 Å². The monoisotopic (exact) mass is 412 g/mol. The lowest BCUT2D eigenvalue weighted by Crippen LogP contribution is -2.28. The van der Waals surface area contributed by atoms with E-state index in [1.54, 1.807) is 24.3 Å². The van der Waals surface area contributed by atoms with Crippen molar-refractivity contribution >= 4 is 34.2 Å². The fourth-order valence-corrected chi connectivity index (χ4v) is 2.89. The molecule has 2 aromatic carbocycles. The van der Waals surface area contributed by atoms with Crippen LogP contribution in [0.2, 0.25) is 5.02 Å². The highest BCUT2D eigenvalue weighted by Gasteiger charge is 2.15. The predicted octanol–water partition coefficient (Wildman–Crippen LogP) is 4.69. The Morgan fingerprint density at radius 1 is 1.17 bits per heavy atom. The molecular weight excluding hydrogens is 399 g/mol. The van der Waals surface area contributed by atoms with E-state index >= 15 is 0 Å². The standard InChI is InChI=1S/C21H14ClFN2O4/c22-16-4-1-5-17(19(16)23)25-21-15(20(27)24-11-14-3-2-8-28-14)9-12-6-7-13(26)10-18(12)29-21/h1-10,26H,11H2,(H,24,27). The van der Waals surface area contributed by atoms with Gasteiger partial charge in [-0.05, 0) is 42.5 Å². The van der Waals surface area contributed by atoms with Crippen molar-refractivity contribution in [1.29, 1.82) is 0 Å². The summed E-state index contributed by atoms with van der Waals surface area (Å²) in [4.78, 5) is 16.9. The highest BCUT2D eigenvalue weighted by molar-refractivity contribution is 6.31.